The Morgan fingerprint density at radius 3 is 2.23 bits per heavy atom. The van der Waals surface area contributed by atoms with Gasteiger partial charge in [0.05, 0.1) is 4.92 Å². The molecule has 3 aromatic carbocycles. The van der Waals surface area contributed by atoms with Gasteiger partial charge in [-0.3, -0.25) is 29.6 Å². The number of β-lactam (4-membered cyclic amide) rings is 1. The van der Waals surface area contributed by atoms with E-state index in [-0.39, 0.29) is 28.2 Å². The fourth-order valence-electron chi connectivity index (χ4n) is 5.11. The summed E-state index contributed by atoms with van der Waals surface area (Å²) in [6.07, 6.45) is 1.23. The van der Waals surface area contributed by atoms with Crippen molar-refractivity contribution in [3.8, 4) is 0 Å². The van der Waals surface area contributed by atoms with Gasteiger partial charge in [0.2, 0.25) is 0 Å². The standard InChI is InChI=1S/C32H29N3O6S2/c1-3-32(33-18-22-14-16-26(17-15-22)35(39)40)30(38)34-27(25(19-42-21(2)36)20-43-31(32)34)29(37)41-28(23-10-6-4-7-11-23)24-12-8-5-9-13-24/h4-18,28,31H,3,19-20H2,1-2H3/t31-,32+/m1/s1. The fraction of sp³-hybridized carbons (Fsp3) is 0.250. The lowest BCUT2D eigenvalue weighted by Crippen LogP contribution is -2.72. The van der Waals surface area contributed by atoms with E-state index in [9.17, 15) is 24.5 Å². The van der Waals surface area contributed by atoms with Crippen molar-refractivity contribution < 1.29 is 24.0 Å². The largest absolute Gasteiger partial charge is 0.448 e. The summed E-state index contributed by atoms with van der Waals surface area (Å²) >= 11 is 2.58. The summed E-state index contributed by atoms with van der Waals surface area (Å²) in [6, 6.07) is 24.7. The van der Waals surface area contributed by atoms with Gasteiger partial charge in [0.1, 0.15) is 11.1 Å². The number of carbonyl (C=O) groups excluding carboxylic acids is 3. The molecule has 1 fully saturated rings. The van der Waals surface area contributed by atoms with Gasteiger partial charge in [0, 0.05) is 36.8 Å². The third kappa shape index (κ3) is 6.14. The fourth-order valence-corrected chi connectivity index (χ4v) is 7.41. The van der Waals surface area contributed by atoms with Crippen LogP contribution in [-0.4, -0.2) is 55.4 Å². The van der Waals surface area contributed by atoms with E-state index in [1.807, 2.05) is 67.6 Å². The lowest BCUT2D eigenvalue weighted by atomic mass is 9.84. The highest BCUT2D eigenvalue weighted by Gasteiger charge is 2.64. The maximum absolute atomic E-state index is 14.0. The smallest absolute Gasteiger partial charge is 0.356 e. The van der Waals surface area contributed by atoms with Crippen LogP contribution in [0.1, 0.15) is 43.1 Å². The zero-order chi connectivity index (χ0) is 30.6. The van der Waals surface area contributed by atoms with Crippen molar-refractivity contribution in [2.75, 3.05) is 11.5 Å². The van der Waals surface area contributed by atoms with Crippen molar-refractivity contribution >= 4 is 52.4 Å². The highest BCUT2D eigenvalue weighted by molar-refractivity contribution is 8.13. The minimum Gasteiger partial charge on any atom is -0.448 e. The predicted octanol–water partition coefficient (Wildman–Crippen LogP) is 5.94. The van der Waals surface area contributed by atoms with Crippen LogP contribution in [0.25, 0.3) is 0 Å². The van der Waals surface area contributed by atoms with Gasteiger partial charge in [-0.15, -0.1) is 11.8 Å². The molecule has 3 aromatic rings. The number of non-ortho nitro benzene ring substituents is 1. The molecule has 0 N–H and O–H groups in total. The molecule has 11 heteroatoms. The molecule has 9 nitrogen and oxygen atoms in total. The quantitative estimate of drug-likeness (QED) is 0.0903. The van der Waals surface area contributed by atoms with E-state index < -0.39 is 27.9 Å². The van der Waals surface area contributed by atoms with Gasteiger partial charge >= 0.3 is 5.97 Å². The Hall–Kier alpha value is -4.22. The molecule has 5 rings (SSSR count). The van der Waals surface area contributed by atoms with E-state index in [1.54, 1.807) is 18.3 Å². The molecule has 0 spiro atoms. The first-order valence-corrected chi connectivity index (χ1v) is 15.7. The normalized spacial score (nSPS) is 19.7. The van der Waals surface area contributed by atoms with Crippen molar-refractivity contribution in [2.45, 2.75) is 37.3 Å². The number of aliphatic imine (C=N–C) groups is 1. The molecule has 2 atom stereocenters. The number of hydrogen-bond acceptors (Lipinski definition) is 9. The average molecular weight is 616 g/mol. The van der Waals surface area contributed by atoms with Crippen molar-refractivity contribution in [3.05, 3.63) is 123 Å². The van der Waals surface area contributed by atoms with E-state index in [2.05, 4.69) is 0 Å². The van der Waals surface area contributed by atoms with Crippen LogP contribution in [0.15, 0.2) is 101 Å². The van der Waals surface area contributed by atoms with E-state index in [0.29, 0.717) is 23.3 Å². The van der Waals surface area contributed by atoms with Crippen LogP contribution < -0.4 is 0 Å². The summed E-state index contributed by atoms with van der Waals surface area (Å²) in [7, 11) is 0. The molecule has 0 aromatic heterocycles. The van der Waals surface area contributed by atoms with Crippen LogP contribution in [0.4, 0.5) is 5.69 Å². The molecule has 0 saturated carbocycles. The summed E-state index contributed by atoms with van der Waals surface area (Å²) in [4.78, 5) is 56.5. The van der Waals surface area contributed by atoms with E-state index in [0.717, 1.165) is 22.9 Å². The van der Waals surface area contributed by atoms with Crippen LogP contribution in [0.3, 0.4) is 0 Å². The number of esters is 1. The lowest BCUT2D eigenvalue weighted by Gasteiger charge is -2.55. The SMILES string of the molecule is CC[C@]1(N=Cc2ccc([N+](=O)[O-])cc2)C(=O)N2C(C(=O)OC(c3ccccc3)c3ccccc3)=C(CSC(C)=O)CS[C@@H]21. The highest BCUT2D eigenvalue weighted by Crippen LogP contribution is 2.50. The number of thioether (sulfide) groups is 2. The van der Waals surface area contributed by atoms with Crippen molar-refractivity contribution in [1.82, 2.24) is 4.90 Å². The first-order chi connectivity index (χ1) is 20.7. The Bertz CT molecular complexity index is 1550. The summed E-state index contributed by atoms with van der Waals surface area (Å²) in [6.45, 7) is 3.33. The molecule has 0 bridgehead atoms. The van der Waals surface area contributed by atoms with Crippen molar-refractivity contribution in [1.29, 1.82) is 0 Å². The second kappa shape index (κ2) is 13.0. The van der Waals surface area contributed by atoms with Crippen LogP contribution >= 0.6 is 23.5 Å². The average Bonchev–Trinajstić information content (AvgIpc) is 3.03. The first kappa shape index (κ1) is 30.2. The number of ether oxygens (including phenoxy) is 1. The molecule has 2 aliphatic heterocycles. The molecule has 2 aliphatic rings. The van der Waals surface area contributed by atoms with Crippen molar-refractivity contribution in [2.24, 2.45) is 4.99 Å². The molecule has 0 unspecified atom stereocenters. The second-order valence-electron chi connectivity index (χ2n) is 10.1. The Labute approximate surface area is 257 Å². The summed E-state index contributed by atoms with van der Waals surface area (Å²) in [5.74, 6) is -0.288. The molecule has 1 amide bonds. The molecule has 0 radical (unpaired) electrons. The maximum atomic E-state index is 14.0. The van der Waals surface area contributed by atoms with Gasteiger partial charge in [0.25, 0.3) is 11.6 Å². The zero-order valence-corrected chi connectivity index (χ0v) is 25.2. The van der Waals surface area contributed by atoms with Gasteiger partial charge in [-0.05, 0) is 40.8 Å². The Kier molecular flexibility index (Phi) is 9.12. The third-order valence-electron chi connectivity index (χ3n) is 7.38. The van der Waals surface area contributed by atoms with E-state index in [4.69, 9.17) is 9.73 Å². The Balaban J connectivity index is 1.47. The number of nitro benzene ring substituents is 1. The van der Waals surface area contributed by atoms with Crippen molar-refractivity contribution in [3.63, 3.8) is 0 Å². The number of benzene rings is 3. The number of carbonyl (C=O) groups is 3. The topological polar surface area (TPSA) is 119 Å². The number of nitro groups is 1. The van der Waals surface area contributed by atoms with Gasteiger partial charge in [-0.1, -0.05) is 79.3 Å². The van der Waals surface area contributed by atoms with Crippen LogP contribution in [-0.2, 0) is 19.1 Å². The highest BCUT2D eigenvalue weighted by atomic mass is 32.2. The lowest BCUT2D eigenvalue weighted by molar-refractivity contribution is -0.384. The first-order valence-electron chi connectivity index (χ1n) is 13.7. The summed E-state index contributed by atoms with van der Waals surface area (Å²) < 4.78 is 6.17. The number of rotatable bonds is 10. The number of amides is 1. The maximum Gasteiger partial charge on any atom is 0.356 e. The van der Waals surface area contributed by atoms with Gasteiger partial charge in [-0.2, -0.15) is 0 Å². The minimum atomic E-state index is -1.12. The molecule has 1 saturated heterocycles. The third-order valence-corrected chi connectivity index (χ3v) is 9.71. The molecule has 220 valence electrons. The number of hydrogen-bond donors (Lipinski definition) is 0. The van der Waals surface area contributed by atoms with E-state index >= 15 is 0 Å². The zero-order valence-electron chi connectivity index (χ0n) is 23.5. The molecule has 0 aliphatic carbocycles. The van der Waals surface area contributed by atoms with Gasteiger partial charge in [0.15, 0.2) is 16.8 Å². The molecular weight excluding hydrogens is 587 g/mol. The Morgan fingerprint density at radius 2 is 1.70 bits per heavy atom. The van der Waals surface area contributed by atoms with E-state index in [1.165, 1.54) is 35.7 Å². The van der Waals surface area contributed by atoms with Gasteiger partial charge < -0.3 is 4.74 Å². The predicted molar refractivity (Wildman–Crippen MR) is 168 cm³/mol. The molecule has 43 heavy (non-hydrogen) atoms. The molecule has 2 heterocycles. The monoisotopic (exact) mass is 615 g/mol. The van der Waals surface area contributed by atoms with Crippen LogP contribution in [0, 0.1) is 10.1 Å². The second-order valence-corrected chi connectivity index (χ2v) is 12.3. The van der Waals surface area contributed by atoms with Crippen LogP contribution in [0.2, 0.25) is 0 Å². The van der Waals surface area contributed by atoms with Gasteiger partial charge in [-0.25, -0.2) is 4.79 Å². The number of fused-ring (bicyclic) bond motifs is 1. The number of nitrogens with zero attached hydrogens (tertiary/aromatic N) is 3. The summed E-state index contributed by atoms with van der Waals surface area (Å²) in [5.41, 5.74) is 1.86. The Morgan fingerprint density at radius 1 is 1.09 bits per heavy atom. The minimum absolute atomic E-state index is 0.0374. The molecular formula is C32H29N3O6S2. The summed E-state index contributed by atoms with van der Waals surface area (Å²) in [5, 5.41) is 10.5. The van der Waals surface area contributed by atoms with Crippen LogP contribution in [0.5, 0.6) is 0 Å².